The summed E-state index contributed by atoms with van der Waals surface area (Å²) >= 11 is 0. The van der Waals surface area contributed by atoms with Crippen molar-refractivity contribution in [1.82, 2.24) is 5.01 Å². The second-order valence-corrected chi connectivity index (χ2v) is 5.89. The molecule has 0 fully saturated rings. The average Bonchev–Trinajstić information content (AvgIpc) is 2.56. The van der Waals surface area contributed by atoms with Crippen molar-refractivity contribution in [2.24, 2.45) is 10.3 Å². The molecule has 0 bridgehead atoms. The minimum atomic E-state index is 0.200. The molecule has 5 heteroatoms. The number of nitrogens with one attached hydrogen (secondary N) is 1. The summed E-state index contributed by atoms with van der Waals surface area (Å²) in [5.41, 5.74) is 2.89. The highest BCUT2D eigenvalue weighted by Crippen LogP contribution is 2.17. The second-order valence-electron chi connectivity index (χ2n) is 5.89. The monoisotopic (exact) mass is 313 g/mol. The van der Waals surface area contributed by atoms with Crippen LogP contribution in [0.3, 0.4) is 0 Å². The molecular weight excluding hydrogens is 286 g/mol. The quantitative estimate of drug-likeness (QED) is 0.439. The van der Waals surface area contributed by atoms with Gasteiger partial charge in [0.15, 0.2) is 0 Å². The summed E-state index contributed by atoms with van der Waals surface area (Å²) in [7, 11) is 1.93. The minimum absolute atomic E-state index is 0.200. The largest absolute Gasteiger partial charge is 0.378 e. The second kappa shape index (κ2) is 9.62. The first-order chi connectivity index (χ1) is 11.0. The predicted molar refractivity (Wildman–Crippen MR) is 95.2 cm³/mol. The van der Waals surface area contributed by atoms with Crippen LogP contribution in [0, 0.1) is 11.3 Å². The van der Waals surface area contributed by atoms with Crippen LogP contribution in [0.4, 0.5) is 5.69 Å². The topological polar surface area (TPSA) is 63.8 Å². The first-order valence-corrected chi connectivity index (χ1v) is 7.97. The zero-order chi connectivity index (χ0) is 17.2. The van der Waals surface area contributed by atoms with Crippen molar-refractivity contribution in [2.75, 3.05) is 18.9 Å². The molecule has 0 saturated heterocycles. The molecule has 0 aliphatic heterocycles. The van der Waals surface area contributed by atoms with Gasteiger partial charge in [0.1, 0.15) is 0 Å². The van der Waals surface area contributed by atoms with Gasteiger partial charge in [-0.2, -0.15) is 10.4 Å². The fourth-order valence-corrected chi connectivity index (χ4v) is 2.05. The predicted octanol–water partition coefficient (Wildman–Crippen LogP) is 4.40. The Morgan fingerprint density at radius 3 is 2.78 bits per heavy atom. The number of nitrogens with zero attached hydrogens (tertiary/aromatic N) is 4. The number of rotatable bonds is 8. The molecule has 1 unspecified atom stereocenters. The van der Waals surface area contributed by atoms with E-state index in [2.05, 4.69) is 34.7 Å². The molecular formula is C18H27N5. The molecule has 1 atom stereocenters. The van der Waals surface area contributed by atoms with Crippen molar-refractivity contribution in [2.45, 2.75) is 46.2 Å². The van der Waals surface area contributed by atoms with E-state index < -0.39 is 0 Å². The Kier molecular flexibility index (Phi) is 7.82. The lowest BCUT2D eigenvalue weighted by Gasteiger charge is -2.23. The van der Waals surface area contributed by atoms with Crippen molar-refractivity contribution in [3.8, 4) is 6.07 Å². The Bertz CT molecular complexity index is 583. The lowest BCUT2D eigenvalue weighted by molar-refractivity contribution is 0.312. The van der Waals surface area contributed by atoms with Crippen molar-refractivity contribution in [3.05, 3.63) is 41.5 Å². The maximum atomic E-state index is 9.01. The molecule has 124 valence electrons. The van der Waals surface area contributed by atoms with Gasteiger partial charge in [-0.05, 0) is 52.3 Å². The van der Waals surface area contributed by atoms with Gasteiger partial charge in [-0.3, -0.25) is 5.01 Å². The van der Waals surface area contributed by atoms with Gasteiger partial charge in [-0.1, -0.05) is 22.9 Å². The van der Waals surface area contributed by atoms with Crippen LogP contribution in [0.5, 0.6) is 0 Å². The molecule has 0 radical (unpaired) electrons. The molecule has 0 amide bonds. The van der Waals surface area contributed by atoms with Crippen LogP contribution in [-0.4, -0.2) is 30.7 Å². The van der Waals surface area contributed by atoms with Crippen LogP contribution in [-0.2, 0) is 0 Å². The number of benzene rings is 1. The van der Waals surface area contributed by atoms with Crippen LogP contribution in [0.25, 0.3) is 0 Å². The van der Waals surface area contributed by atoms with Crippen molar-refractivity contribution in [1.29, 1.82) is 5.26 Å². The fourth-order valence-electron chi connectivity index (χ4n) is 2.05. The molecule has 0 aromatic heterocycles. The van der Waals surface area contributed by atoms with Crippen LogP contribution in [0.2, 0.25) is 0 Å². The van der Waals surface area contributed by atoms with Gasteiger partial charge in [-0.25, -0.2) is 0 Å². The summed E-state index contributed by atoms with van der Waals surface area (Å²) in [6, 6.07) is 10.1. The number of allylic oxidation sites excluding steroid dienone is 1. The first kappa shape index (κ1) is 18.7. The van der Waals surface area contributed by atoms with Crippen LogP contribution in [0.15, 0.2) is 46.3 Å². The van der Waals surface area contributed by atoms with Crippen molar-refractivity contribution >= 4 is 5.69 Å². The van der Waals surface area contributed by atoms with E-state index in [1.807, 2.05) is 57.1 Å². The Hall–Kier alpha value is -2.35. The lowest BCUT2D eigenvalue weighted by Crippen LogP contribution is -2.26. The van der Waals surface area contributed by atoms with Crippen molar-refractivity contribution in [3.63, 3.8) is 0 Å². The van der Waals surface area contributed by atoms with Gasteiger partial charge in [0.2, 0.25) is 0 Å². The van der Waals surface area contributed by atoms with Gasteiger partial charge in [0.05, 0.1) is 17.7 Å². The van der Waals surface area contributed by atoms with E-state index in [0.29, 0.717) is 5.56 Å². The molecule has 1 aromatic rings. The summed E-state index contributed by atoms with van der Waals surface area (Å²) in [5.74, 6) is 0. The molecule has 5 nitrogen and oxygen atoms in total. The summed E-state index contributed by atoms with van der Waals surface area (Å²) < 4.78 is 0. The zero-order valence-corrected chi connectivity index (χ0v) is 14.7. The van der Waals surface area contributed by atoms with Crippen LogP contribution < -0.4 is 5.32 Å². The zero-order valence-electron chi connectivity index (χ0n) is 14.7. The third-order valence-electron chi connectivity index (χ3n) is 3.51. The maximum Gasteiger partial charge on any atom is 0.0992 e. The molecule has 0 aliphatic rings. The molecule has 0 aliphatic carbocycles. The van der Waals surface area contributed by atoms with Gasteiger partial charge in [0.25, 0.3) is 0 Å². The molecule has 0 spiro atoms. The highest BCUT2D eigenvalue weighted by Gasteiger charge is 2.11. The lowest BCUT2D eigenvalue weighted by atomic mass is 10.0. The number of hydrogen-bond acceptors (Lipinski definition) is 4. The van der Waals surface area contributed by atoms with Crippen LogP contribution in [0.1, 0.15) is 39.7 Å². The number of anilines is 1. The molecule has 1 aromatic carbocycles. The highest BCUT2D eigenvalue weighted by atomic mass is 15.5. The molecule has 23 heavy (non-hydrogen) atoms. The highest BCUT2D eigenvalue weighted by molar-refractivity contribution is 5.50. The maximum absolute atomic E-state index is 9.01. The SMILES string of the molecule is C/C=C(\C)C(CCN(C)/N=N\C(C)C)Nc1cccc(C#N)c1. The van der Waals surface area contributed by atoms with Gasteiger partial charge in [-0.15, -0.1) is 0 Å². The Morgan fingerprint density at radius 1 is 1.43 bits per heavy atom. The molecule has 1 N–H and O–H groups in total. The summed E-state index contributed by atoms with van der Waals surface area (Å²) in [4.78, 5) is 0. The fraction of sp³-hybridized carbons (Fsp3) is 0.500. The number of nitriles is 1. The van der Waals surface area contributed by atoms with Gasteiger partial charge in [0, 0.05) is 25.3 Å². The third-order valence-corrected chi connectivity index (χ3v) is 3.51. The molecule has 0 heterocycles. The molecule has 0 saturated carbocycles. The average molecular weight is 313 g/mol. The van der Waals surface area contributed by atoms with E-state index in [4.69, 9.17) is 5.26 Å². The van der Waals surface area contributed by atoms with Gasteiger partial charge < -0.3 is 5.32 Å². The van der Waals surface area contributed by atoms with E-state index in [9.17, 15) is 0 Å². The third kappa shape index (κ3) is 6.96. The van der Waals surface area contributed by atoms with E-state index in [-0.39, 0.29) is 12.1 Å². The molecule has 1 rings (SSSR count). The van der Waals surface area contributed by atoms with Gasteiger partial charge >= 0.3 is 0 Å². The standard InChI is InChI=1S/C18H27N5/c1-6-15(4)18(10-11-23(5)22-21-14(2)3)20-17-9-7-8-16(12-17)13-19/h6-9,12,14,18,20H,10-11H2,1-5H3/b15-6+,22-21-. The van der Waals surface area contributed by atoms with E-state index in [1.165, 1.54) is 5.57 Å². The summed E-state index contributed by atoms with van der Waals surface area (Å²) in [5, 5.41) is 22.7. The summed E-state index contributed by atoms with van der Waals surface area (Å²) in [6.45, 7) is 8.97. The van der Waals surface area contributed by atoms with E-state index >= 15 is 0 Å². The number of hydrogen-bond donors (Lipinski definition) is 1. The van der Waals surface area contributed by atoms with Crippen LogP contribution >= 0.6 is 0 Å². The van der Waals surface area contributed by atoms with E-state index in [1.54, 1.807) is 0 Å². The van der Waals surface area contributed by atoms with Crippen molar-refractivity contribution < 1.29 is 0 Å². The normalized spacial score (nSPS) is 13.2. The Balaban J connectivity index is 2.72. The smallest absolute Gasteiger partial charge is 0.0992 e. The summed E-state index contributed by atoms with van der Waals surface area (Å²) in [6.07, 6.45) is 3.02. The van der Waals surface area contributed by atoms with E-state index in [0.717, 1.165) is 18.7 Å². The minimum Gasteiger partial charge on any atom is -0.378 e. The first-order valence-electron chi connectivity index (χ1n) is 7.97. The Labute approximate surface area is 139 Å². The Morgan fingerprint density at radius 2 is 2.17 bits per heavy atom.